The van der Waals surface area contributed by atoms with Gasteiger partial charge in [0.2, 0.25) is 0 Å². The average molecular weight is 308 g/mol. The van der Waals surface area contributed by atoms with Gasteiger partial charge in [0.05, 0.1) is 26.9 Å². The molecule has 0 radical (unpaired) electrons. The summed E-state index contributed by atoms with van der Waals surface area (Å²) in [6.07, 6.45) is 3.84. The van der Waals surface area contributed by atoms with Crippen LogP contribution in [0.15, 0.2) is 48.0 Å². The van der Waals surface area contributed by atoms with E-state index in [1.807, 2.05) is 30.5 Å². The van der Waals surface area contributed by atoms with Crippen LogP contribution in [-0.2, 0) is 6.42 Å². The van der Waals surface area contributed by atoms with Crippen LogP contribution < -0.4 is 5.32 Å². The zero-order chi connectivity index (χ0) is 14.8. The molecule has 2 N–H and O–H groups in total. The van der Waals surface area contributed by atoms with E-state index in [2.05, 4.69) is 37.8 Å². The van der Waals surface area contributed by atoms with Crippen molar-refractivity contribution in [2.45, 2.75) is 12.8 Å². The molecule has 4 aromatic rings. The number of rotatable bonds is 5. The molecule has 0 saturated heterocycles. The fourth-order valence-corrected chi connectivity index (χ4v) is 3.46. The number of H-pyrrole nitrogens is 1. The molecule has 0 amide bonds. The molecular formula is C17H16N4S. The predicted octanol–water partition coefficient (Wildman–Crippen LogP) is 4.22. The van der Waals surface area contributed by atoms with Crippen LogP contribution in [0.2, 0.25) is 0 Å². The van der Waals surface area contributed by atoms with Crippen LogP contribution in [-0.4, -0.2) is 21.5 Å². The molecule has 5 heteroatoms. The third kappa shape index (κ3) is 2.55. The highest BCUT2D eigenvalue weighted by atomic mass is 32.1. The van der Waals surface area contributed by atoms with Crippen LogP contribution in [0.1, 0.15) is 12.2 Å². The van der Waals surface area contributed by atoms with Gasteiger partial charge in [0.25, 0.3) is 0 Å². The highest BCUT2D eigenvalue weighted by Crippen LogP contribution is 2.26. The number of fused-ring (bicyclic) bond motifs is 2. The Morgan fingerprint density at radius 1 is 1.09 bits per heavy atom. The lowest BCUT2D eigenvalue weighted by molar-refractivity contribution is 0.820. The molecule has 3 heterocycles. The monoisotopic (exact) mass is 308 g/mol. The predicted molar refractivity (Wildman–Crippen MR) is 92.5 cm³/mol. The Morgan fingerprint density at radius 3 is 3.00 bits per heavy atom. The van der Waals surface area contributed by atoms with E-state index in [9.17, 15) is 0 Å². The maximum atomic E-state index is 4.61. The minimum atomic E-state index is 0.925. The molecule has 0 aliphatic carbocycles. The van der Waals surface area contributed by atoms with Crippen LogP contribution >= 0.6 is 11.3 Å². The summed E-state index contributed by atoms with van der Waals surface area (Å²) in [6.45, 7) is 0.925. The first-order valence-corrected chi connectivity index (χ1v) is 8.28. The van der Waals surface area contributed by atoms with Crippen LogP contribution in [0.5, 0.6) is 0 Å². The maximum Gasteiger partial charge on any atom is 0.107 e. The number of aryl methyl sites for hydroxylation is 1. The van der Waals surface area contributed by atoms with E-state index >= 15 is 0 Å². The normalized spacial score (nSPS) is 11.3. The van der Waals surface area contributed by atoms with Crippen molar-refractivity contribution in [3.8, 4) is 0 Å². The Kier molecular flexibility index (Phi) is 3.48. The third-order valence-electron chi connectivity index (χ3n) is 3.69. The van der Waals surface area contributed by atoms with Gasteiger partial charge in [-0.2, -0.15) is 0 Å². The SMILES string of the molecule is c1ccc2[nH]c(CCCNc3ccnc4ccsc34)nc2c1. The number of benzene rings is 1. The second-order valence-corrected chi connectivity index (χ2v) is 6.14. The summed E-state index contributed by atoms with van der Waals surface area (Å²) in [7, 11) is 0. The first-order valence-electron chi connectivity index (χ1n) is 7.40. The molecule has 0 bridgehead atoms. The van der Waals surface area contributed by atoms with E-state index in [0.717, 1.165) is 41.8 Å². The molecular weight excluding hydrogens is 292 g/mol. The topological polar surface area (TPSA) is 53.6 Å². The lowest BCUT2D eigenvalue weighted by Gasteiger charge is -2.06. The number of hydrogen-bond donors (Lipinski definition) is 2. The van der Waals surface area contributed by atoms with Crippen LogP contribution in [0.3, 0.4) is 0 Å². The first kappa shape index (κ1) is 13.3. The van der Waals surface area contributed by atoms with Crippen LogP contribution in [0.4, 0.5) is 5.69 Å². The van der Waals surface area contributed by atoms with Crippen molar-refractivity contribution in [2.24, 2.45) is 0 Å². The number of pyridine rings is 1. The number of para-hydroxylation sites is 2. The molecule has 3 aromatic heterocycles. The number of nitrogens with zero attached hydrogens (tertiary/aromatic N) is 2. The van der Waals surface area contributed by atoms with Gasteiger partial charge in [0.15, 0.2) is 0 Å². The van der Waals surface area contributed by atoms with Crippen molar-refractivity contribution in [1.29, 1.82) is 0 Å². The van der Waals surface area contributed by atoms with E-state index in [-0.39, 0.29) is 0 Å². The third-order valence-corrected chi connectivity index (χ3v) is 4.63. The summed E-state index contributed by atoms with van der Waals surface area (Å²) in [6, 6.07) is 12.2. The van der Waals surface area contributed by atoms with Gasteiger partial charge in [-0.05, 0) is 36.1 Å². The Labute approximate surface area is 132 Å². The summed E-state index contributed by atoms with van der Waals surface area (Å²) in [5.74, 6) is 1.05. The summed E-state index contributed by atoms with van der Waals surface area (Å²) in [5, 5.41) is 5.59. The van der Waals surface area contributed by atoms with Crippen molar-refractivity contribution in [2.75, 3.05) is 11.9 Å². The van der Waals surface area contributed by atoms with Gasteiger partial charge in [-0.1, -0.05) is 12.1 Å². The second-order valence-electron chi connectivity index (χ2n) is 5.22. The minimum Gasteiger partial charge on any atom is -0.384 e. The molecule has 0 saturated carbocycles. The fraction of sp³-hybridized carbons (Fsp3) is 0.176. The van der Waals surface area contributed by atoms with E-state index in [1.165, 1.54) is 10.4 Å². The highest BCUT2D eigenvalue weighted by Gasteiger charge is 2.04. The summed E-state index contributed by atoms with van der Waals surface area (Å²) in [4.78, 5) is 12.3. The average Bonchev–Trinajstić information content (AvgIpc) is 3.17. The largest absolute Gasteiger partial charge is 0.384 e. The second kappa shape index (κ2) is 5.77. The van der Waals surface area contributed by atoms with E-state index in [0.29, 0.717) is 0 Å². The summed E-state index contributed by atoms with van der Waals surface area (Å²) >= 11 is 1.73. The Hall–Kier alpha value is -2.40. The molecule has 0 atom stereocenters. The van der Waals surface area contributed by atoms with Gasteiger partial charge in [0.1, 0.15) is 5.82 Å². The lowest BCUT2D eigenvalue weighted by atomic mass is 10.3. The van der Waals surface area contributed by atoms with Crippen molar-refractivity contribution in [3.63, 3.8) is 0 Å². The standard InChI is InChI=1S/C17H16N4S/c1-2-5-13-12(4-1)20-16(21-13)6-3-9-18-14-7-10-19-15-8-11-22-17(14)15/h1-2,4-5,7-8,10-11H,3,6,9H2,(H,18,19)(H,20,21). The molecule has 0 fully saturated rings. The summed E-state index contributed by atoms with van der Waals surface area (Å²) < 4.78 is 1.23. The van der Waals surface area contributed by atoms with Crippen LogP contribution in [0.25, 0.3) is 21.3 Å². The van der Waals surface area contributed by atoms with Crippen LogP contribution in [0, 0.1) is 0 Å². The molecule has 0 spiro atoms. The quantitative estimate of drug-likeness (QED) is 0.543. The molecule has 22 heavy (non-hydrogen) atoms. The molecule has 1 aromatic carbocycles. The number of aromatic nitrogens is 3. The first-order chi connectivity index (χ1) is 10.9. The number of thiophene rings is 1. The molecule has 4 nitrogen and oxygen atoms in total. The van der Waals surface area contributed by atoms with Crippen molar-refractivity contribution < 1.29 is 0 Å². The number of imidazole rings is 1. The van der Waals surface area contributed by atoms with E-state index in [4.69, 9.17) is 0 Å². The highest BCUT2D eigenvalue weighted by molar-refractivity contribution is 7.17. The van der Waals surface area contributed by atoms with Gasteiger partial charge in [-0.15, -0.1) is 11.3 Å². The van der Waals surface area contributed by atoms with Gasteiger partial charge in [-0.25, -0.2) is 4.98 Å². The Morgan fingerprint density at radius 2 is 2.05 bits per heavy atom. The Bertz CT molecular complexity index is 876. The fourth-order valence-electron chi connectivity index (χ4n) is 2.62. The van der Waals surface area contributed by atoms with E-state index in [1.54, 1.807) is 11.3 Å². The zero-order valence-corrected chi connectivity index (χ0v) is 12.9. The minimum absolute atomic E-state index is 0.925. The van der Waals surface area contributed by atoms with Crippen molar-refractivity contribution in [3.05, 3.63) is 53.8 Å². The smallest absolute Gasteiger partial charge is 0.107 e. The van der Waals surface area contributed by atoms with Gasteiger partial charge in [0, 0.05) is 19.2 Å². The van der Waals surface area contributed by atoms with Gasteiger partial charge < -0.3 is 10.3 Å². The van der Waals surface area contributed by atoms with E-state index < -0.39 is 0 Å². The number of hydrogen-bond acceptors (Lipinski definition) is 4. The number of anilines is 1. The maximum absolute atomic E-state index is 4.61. The van der Waals surface area contributed by atoms with Crippen molar-refractivity contribution in [1.82, 2.24) is 15.0 Å². The van der Waals surface area contributed by atoms with Gasteiger partial charge in [-0.3, -0.25) is 4.98 Å². The molecule has 4 rings (SSSR count). The van der Waals surface area contributed by atoms with Gasteiger partial charge >= 0.3 is 0 Å². The molecule has 0 aliphatic rings. The summed E-state index contributed by atoms with van der Waals surface area (Å²) in [5.41, 5.74) is 4.39. The Balaban J connectivity index is 1.38. The number of aromatic amines is 1. The molecule has 0 aliphatic heterocycles. The molecule has 0 unspecified atom stereocenters. The molecule has 110 valence electrons. The van der Waals surface area contributed by atoms with Crippen molar-refractivity contribution >= 4 is 38.3 Å². The lowest BCUT2D eigenvalue weighted by Crippen LogP contribution is -2.03. The zero-order valence-electron chi connectivity index (χ0n) is 12.0. The number of nitrogens with one attached hydrogen (secondary N) is 2.